The van der Waals surface area contributed by atoms with Gasteiger partial charge in [-0.1, -0.05) is 36.2 Å². The van der Waals surface area contributed by atoms with Crippen molar-refractivity contribution in [2.24, 2.45) is 0 Å². The summed E-state index contributed by atoms with van der Waals surface area (Å²) in [5, 5.41) is 0. The fraction of sp³-hybridized carbons (Fsp3) is 0.364. The molecule has 0 amide bonds. The molecular formula is C11H15. The van der Waals surface area contributed by atoms with Crippen LogP contribution in [0.25, 0.3) is 0 Å². The van der Waals surface area contributed by atoms with Crippen molar-refractivity contribution in [3.63, 3.8) is 0 Å². The van der Waals surface area contributed by atoms with Gasteiger partial charge in [0.1, 0.15) is 0 Å². The van der Waals surface area contributed by atoms with Gasteiger partial charge in [-0.3, -0.25) is 0 Å². The van der Waals surface area contributed by atoms with E-state index in [0.29, 0.717) is 0 Å². The summed E-state index contributed by atoms with van der Waals surface area (Å²) in [6.07, 6.45) is 2.09. The van der Waals surface area contributed by atoms with E-state index in [-0.39, 0.29) is 0 Å². The minimum atomic E-state index is 0.989. The molecule has 0 atom stereocenters. The van der Waals surface area contributed by atoms with Crippen LogP contribution in [-0.2, 0) is 6.42 Å². The minimum Gasteiger partial charge on any atom is -0.0564 e. The van der Waals surface area contributed by atoms with Crippen molar-refractivity contribution >= 4 is 0 Å². The third-order valence-corrected chi connectivity index (χ3v) is 1.75. The van der Waals surface area contributed by atoms with Crippen LogP contribution in [0, 0.1) is 20.8 Å². The first kappa shape index (κ1) is 8.32. The van der Waals surface area contributed by atoms with Crippen molar-refractivity contribution in [3.8, 4) is 0 Å². The highest BCUT2D eigenvalue weighted by atomic mass is 14.0. The van der Waals surface area contributed by atoms with Crippen LogP contribution in [0.15, 0.2) is 18.2 Å². The average Bonchev–Trinajstić information content (AvgIpc) is 1.85. The van der Waals surface area contributed by atoms with Crippen LogP contribution in [-0.4, -0.2) is 0 Å². The number of hydrogen-bond donors (Lipinski definition) is 0. The largest absolute Gasteiger partial charge is 0.0564 e. The first-order valence-electron chi connectivity index (χ1n) is 4.09. The molecule has 0 saturated carbocycles. The Morgan fingerprint density at radius 1 is 1.09 bits per heavy atom. The zero-order valence-corrected chi connectivity index (χ0v) is 7.35. The maximum atomic E-state index is 3.84. The lowest BCUT2D eigenvalue weighted by Crippen LogP contribution is -1.86. The van der Waals surface area contributed by atoms with E-state index in [4.69, 9.17) is 0 Å². The predicted octanol–water partition coefficient (Wildman–Crippen LogP) is 3.07. The van der Waals surface area contributed by atoms with Gasteiger partial charge < -0.3 is 0 Å². The van der Waals surface area contributed by atoms with Gasteiger partial charge in [0.2, 0.25) is 0 Å². The number of rotatable bonds is 2. The van der Waals surface area contributed by atoms with E-state index in [2.05, 4.69) is 39.0 Å². The molecule has 1 rings (SSSR count). The molecule has 0 fully saturated rings. The number of aryl methyl sites for hydroxylation is 3. The highest BCUT2D eigenvalue weighted by molar-refractivity contribution is 5.28. The Morgan fingerprint density at radius 3 is 2.09 bits per heavy atom. The van der Waals surface area contributed by atoms with Crippen molar-refractivity contribution in [2.45, 2.75) is 26.7 Å². The zero-order chi connectivity index (χ0) is 8.27. The monoisotopic (exact) mass is 147 g/mol. The van der Waals surface area contributed by atoms with E-state index in [9.17, 15) is 0 Å². The summed E-state index contributed by atoms with van der Waals surface area (Å²) in [4.78, 5) is 0. The highest BCUT2D eigenvalue weighted by Gasteiger charge is 1.93. The molecule has 0 aliphatic rings. The summed E-state index contributed by atoms with van der Waals surface area (Å²) < 4.78 is 0. The molecule has 1 radical (unpaired) electrons. The van der Waals surface area contributed by atoms with Gasteiger partial charge in [0.15, 0.2) is 0 Å². The molecule has 0 saturated heterocycles. The van der Waals surface area contributed by atoms with Gasteiger partial charge in [0.25, 0.3) is 0 Å². The van der Waals surface area contributed by atoms with E-state index < -0.39 is 0 Å². The van der Waals surface area contributed by atoms with Crippen LogP contribution in [0.2, 0.25) is 0 Å². The second-order valence-corrected chi connectivity index (χ2v) is 3.10. The maximum Gasteiger partial charge on any atom is -0.0279 e. The van der Waals surface area contributed by atoms with Gasteiger partial charge in [-0.2, -0.15) is 0 Å². The molecule has 0 unspecified atom stereocenters. The molecule has 0 nitrogen and oxygen atoms in total. The predicted molar refractivity (Wildman–Crippen MR) is 49.6 cm³/mol. The summed E-state index contributed by atoms with van der Waals surface area (Å²) in [5.74, 6) is 0. The Morgan fingerprint density at radius 2 is 1.64 bits per heavy atom. The highest BCUT2D eigenvalue weighted by Crippen LogP contribution is 2.10. The van der Waals surface area contributed by atoms with Crippen LogP contribution in [0.5, 0.6) is 0 Å². The standard InChI is InChI=1S/C11H15/c1-4-5-11-7-9(2)6-10(3)8-11/h6-8H,1,4-5H2,2-3H3. The fourth-order valence-electron chi connectivity index (χ4n) is 1.42. The summed E-state index contributed by atoms with van der Waals surface area (Å²) in [5.41, 5.74) is 4.12. The normalized spacial score (nSPS) is 10.1. The molecule has 0 aliphatic heterocycles. The topological polar surface area (TPSA) is 0 Å². The third kappa shape index (κ3) is 2.38. The smallest absolute Gasteiger partial charge is 0.0279 e. The lowest BCUT2D eigenvalue weighted by Gasteiger charge is -2.02. The molecule has 11 heavy (non-hydrogen) atoms. The third-order valence-electron chi connectivity index (χ3n) is 1.75. The summed E-state index contributed by atoms with van der Waals surface area (Å²) in [6, 6.07) is 6.67. The Balaban J connectivity index is 2.89. The van der Waals surface area contributed by atoms with Crippen molar-refractivity contribution < 1.29 is 0 Å². The van der Waals surface area contributed by atoms with Crippen molar-refractivity contribution in [1.29, 1.82) is 0 Å². The Hall–Kier alpha value is -0.780. The second kappa shape index (κ2) is 3.56. The van der Waals surface area contributed by atoms with Crippen LogP contribution in [0.3, 0.4) is 0 Å². The Labute approximate surface area is 69.3 Å². The molecule has 0 heteroatoms. The fourth-order valence-corrected chi connectivity index (χ4v) is 1.42. The van der Waals surface area contributed by atoms with Crippen LogP contribution in [0.1, 0.15) is 23.1 Å². The van der Waals surface area contributed by atoms with Crippen molar-refractivity contribution in [1.82, 2.24) is 0 Å². The summed E-state index contributed by atoms with van der Waals surface area (Å²) >= 11 is 0. The molecule has 1 aromatic rings. The molecule has 0 heterocycles. The molecular weight excluding hydrogens is 132 g/mol. The van der Waals surface area contributed by atoms with Gasteiger partial charge in [-0.25, -0.2) is 0 Å². The Kier molecular flexibility index (Phi) is 2.70. The molecule has 0 aromatic heterocycles. The lowest BCUT2D eigenvalue weighted by atomic mass is 10.0. The lowest BCUT2D eigenvalue weighted by molar-refractivity contribution is 0.993. The molecule has 1 aromatic carbocycles. The molecule has 0 aliphatic carbocycles. The Bertz CT molecular complexity index is 216. The SMILES string of the molecule is [CH2]CCc1cc(C)cc(C)c1. The van der Waals surface area contributed by atoms with E-state index in [1.165, 1.54) is 16.7 Å². The van der Waals surface area contributed by atoms with E-state index in [1.54, 1.807) is 0 Å². The quantitative estimate of drug-likeness (QED) is 0.603. The van der Waals surface area contributed by atoms with Gasteiger partial charge in [-0.15, -0.1) is 0 Å². The molecule has 0 N–H and O–H groups in total. The van der Waals surface area contributed by atoms with Gasteiger partial charge in [0.05, 0.1) is 0 Å². The zero-order valence-electron chi connectivity index (χ0n) is 7.35. The van der Waals surface area contributed by atoms with E-state index in [1.807, 2.05) is 0 Å². The maximum absolute atomic E-state index is 3.84. The minimum absolute atomic E-state index is 0.989. The summed E-state index contributed by atoms with van der Waals surface area (Å²) in [6.45, 7) is 8.12. The molecule has 0 bridgehead atoms. The first-order valence-corrected chi connectivity index (χ1v) is 4.09. The van der Waals surface area contributed by atoms with Crippen molar-refractivity contribution in [2.75, 3.05) is 0 Å². The van der Waals surface area contributed by atoms with Gasteiger partial charge in [-0.05, 0) is 32.3 Å². The number of hydrogen-bond acceptors (Lipinski definition) is 0. The molecule has 59 valence electrons. The van der Waals surface area contributed by atoms with Crippen LogP contribution >= 0.6 is 0 Å². The average molecular weight is 147 g/mol. The number of benzene rings is 1. The second-order valence-electron chi connectivity index (χ2n) is 3.10. The van der Waals surface area contributed by atoms with Crippen LogP contribution in [0.4, 0.5) is 0 Å². The van der Waals surface area contributed by atoms with E-state index in [0.717, 1.165) is 12.8 Å². The van der Waals surface area contributed by atoms with Crippen molar-refractivity contribution in [3.05, 3.63) is 41.8 Å². The van der Waals surface area contributed by atoms with Gasteiger partial charge in [0, 0.05) is 0 Å². The van der Waals surface area contributed by atoms with E-state index >= 15 is 0 Å². The first-order chi connectivity index (χ1) is 5.22. The molecule has 0 spiro atoms. The van der Waals surface area contributed by atoms with Crippen LogP contribution < -0.4 is 0 Å². The summed E-state index contributed by atoms with van der Waals surface area (Å²) in [7, 11) is 0. The van der Waals surface area contributed by atoms with Gasteiger partial charge >= 0.3 is 0 Å².